The van der Waals surface area contributed by atoms with Gasteiger partial charge >= 0.3 is 5.76 Å². The summed E-state index contributed by atoms with van der Waals surface area (Å²) in [6.07, 6.45) is 0.720. The topological polar surface area (TPSA) is 87.2 Å². The number of rotatable bonds is 3. The second kappa shape index (κ2) is 4.11. The first-order valence-electron chi connectivity index (χ1n) is 5.18. The molecule has 2 rings (SSSR count). The lowest BCUT2D eigenvalue weighted by Gasteiger charge is -2.10. The number of hydrogen-bond acceptors (Lipinski definition) is 4. The molecule has 16 heavy (non-hydrogen) atoms. The van der Waals surface area contributed by atoms with E-state index in [2.05, 4.69) is 0 Å². The third-order valence-electron chi connectivity index (χ3n) is 2.72. The molecule has 0 aliphatic carbocycles. The van der Waals surface area contributed by atoms with Gasteiger partial charge in [-0.15, -0.1) is 0 Å². The Hall–Kier alpha value is -1.59. The molecule has 0 fully saturated rings. The second-order valence-electron chi connectivity index (χ2n) is 3.84. The Morgan fingerprint density at radius 2 is 2.25 bits per heavy atom. The first kappa shape index (κ1) is 10.9. The van der Waals surface area contributed by atoms with Crippen LogP contribution in [0.5, 0.6) is 0 Å². The van der Waals surface area contributed by atoms with Gasteiger partial charge in [0, 0.05) is 13.1 Å². The Morgan fingerprint density at radius 1 is 1.50 bits per heavy atom. The van der Waals surface area contributed by atoms with Crippen LogP contribution < -0.4 is 17.2 Å². The molecule has 0 saturated heterocycles. The van der Waals surface area contributed by atoms with Crippen LogP contribution in [0.2, 0.25) is 0 Å². The summed E-state index contributed by atoms with van der Waals surface area (Å²) < 4.78 is 6.50. The van der Waals surface area contributed by atoms with Crippen molar-refractivity contribution in [3.63, 3.8) is 0 Å². The Balaban J connectivity index is 2.50. The maximum Gasteiger partial charge on any atom is 0.419 e. The Bertz CT molecular complexity index is 556. The molecule has 0 spiro atoms. The third kappa shape index (κ3) is 1.75. The van der Waals surface area contributed by atoms with Crippen molar-refractivity contribution in [1.82, 2.24) is 4.57 Å². The van der Waals surface area contributed by atoms with Crippen molar-refractivity contribution < 1.29 is 4.42 Å². The van der Waals surface area contributed by atoms with E-state index in [0.29, 0.717) is 12.1 Å². The van der Waals surface area contributed by atoms with Crippen LogP contribution in [-0.4, -0.2) is 11.1 Å². The van der Waals surface area contributed by atoms with Gasteiger partial charge < -0.3 is 15.9 Å². The largest absolute Gasteiger partial charge is 0.419 e. The molecule has 1 aromatic heterocycles. The summed E-state index contributed by atoms with van der Waals surface area (Å²) in [5.74, 6) is -0.362. The van der Waals surface area contributed by atoms with E-state index >= 15 is 0 Å². The fourth-order valence-corrected chi connectivity index (χ4v) is 1.72. The van der Waals surface area contributed by atoms with Crippen LogP contribution in [0, 0.1) is 0 Å². The number of hydrogen-bond donors (Lipinski definition) is 2. The highest BCUT2D eigenvalue weighted by atomic mass is 16.4. The lowest BCUT2D eigenvalue weighted by atomic mass is 10.0. The number of aromatic nitrogens is 1. The Labute approximate surface area is 92.6 Å². The molecule has 1 heterocycles. The van der Waals surface area contributed by atoms with Crippen LogP contribution >= 0.6 is 0 Å². The number of benzene rings is 1. The molecular weight excluding hydrogens is 206 g/mol. The molecule has 0 radical (unpaired) electrons. The monoisotopic (exact) mass is 221 g/mol. The van der Waals surface area contributed by atoms with Gasteiger partial charge in [-0.1, -0.05) is 6.07 Å². The molecule has 5 heteroatoms. The summed E-state index contributed by atoms with van der Waals surface area (Å²) in [7, 11) is 1.67. The Kier molecular flexibility index (Phi) is 2.80. The minimum absolute atomic E-state index is 0.0978. The molecule has 4 N–H and O–H groups in total. The zero-order valence-electron chi connectivity index (χ0n) is 9.14. The normalized spacial score (nSPS) is 13.2. The van der Waals surface area contributed by atoms with E-state index in [4.69, 9.17) is 15.9 Å². The van der Waals surface area contributed by atoms with E-state index in [1.807, 2.05) is 12.1 Å². The first-order valence-corrected chi connectivity index (χ1v) is 5.18. The SMILES string of the molecule is Cn1c(=O)oc2ccc(C(N)CCN)cc21. The van der Waals surface area contributed by atoms with Crippen LogP contribution in [0.4, 0.5) is 0 Å². The van der Waals surface area contributed by atoms with Crippen LogP contribution in [0.3, 0.4) is 0 Å². The van der Waals surface area contributed by atoms with E-state index < -0.39 is 0 Å². The van der Waals surface area contributed by atoms with Crippen molar-refractivity contribution in [2.75, 3.05) is 6.54 Å². The summed E-state index contributed by atoms with van der Waals surface area (Å²) in [5.41, 5.74) is 13.7. The van der Waals surface area contributed by atoms with Crippen molar-refractivity contribution in [1.29, 1.82) is 0 Å². The number of nitrogens with zero attached hydrogens (tertiary/aromatic N) is 1. The minimum Gasteiger partial charge on any atom is -0.408 e. The smallest absolute Gasteiger partial charge is 0.408 e. The highest BCUT2D eigenvalue weighted by molar-refractivity contribution is 5.73. The minimum atomic E-state index is -0.362. The highest BCUT2D eigenvalue weighted by Gasteiger charge is 2.10. The van der Waals surface area contributed by atoms with Gasteiger partial charge in [0.05, 0.1) is 5.52 Å². The number of fused-ring (bicyclic) bond motifs is 1. The molecule has 1 aromatic carbocycles. The standard InChI is InChI=1S/C11H15N3O2/c1-14-9-6-7(8(13)4-5-12)2-3-10(9)16-11(14)15/h2-3,6,8H,4-5,12-13H2,1H3. The summed E-state index contributed by atoms with van der Waals surface area (Å²) in [5, 5.41) is 0. The van der Waals surface area contributed by atoms with Crippen molar-refractivity contribution in [3.05, 3.63) is 34.3 Å². The van der Waals surface area contributed by atoms with Crippen LogP contribution in [-0.2, 0) is 7.05 Å². The zero-order chi connectivity index (χ0) is 11.7. The maximum atomic E-state index is 11.3. The maximum absolute atomic E-state index is 11.3. The van der Waals surface area contributed by atoms with E-state index in [1.165, 1.54) is 4.57 Å². The molecule has 0 aliphatic rings. The number of nitrogens with two attached hydrogens (primary N) is 2. The molecule has 86 valence electrons. The number of oxazole rings is 1. The molecule has 5 nitrogen and oxygen atoms in total. The number of aryl methyl sites for hydroxylation is 1. The first-order chi connectivity index (χ1) is 7.63. The average Bonchev–Trinajstić information content (AvgIpc) is 2.55. The summed E-state index contributed by atoms with van der Waals surface area (Å²) in [6, 6.07) is 5.41. The lowest BCUT2D eigenvalue weighted by molar-refractivity contribution is 0.528. The lowest BCUT2D eigenvalue weighted by Crippen LogP contribution is -2.15. The van der Waals surface area contributed by atoms with Gasteiger partial charge in [-0.05, 0) is 30.7 Å². The summed E-state index contributed by atoms with van der Waals surface area (Å²) in [4.78, 5) is 11.3. The molecule has 0 aliphatic heterocycles. The van der Waals surface area contributed by atoms with Gasteiger partial charge in [0.1, 0.15) is 0 Å². The van der Waals surface area contributed by atoms with E-state index in [0.717, 1.165) is 17.5 Å². The van der Waals surface area contributed by atoms with Gasteiger partial charge in [0.25, 0.3) is 0 Å². The molecule has 1 atom stereocenters. The van der Waals surface area contributed by atoms with Gasteiger partial charge in [-0.25, -0.2) is 4.79 Å². The van der Waals surface area contributed by atoms with Gasteiger partial charge in [0.2, 0.25) is 0 Å². The highest BCUT2D eigenvalue weighted by Crippen LogP contribution is 2.19. The molecule has 0 bridgehead atoms. The van der Waals surface area contributed by atoms with Crippen LogP contribution in [0.15, 0.2) is 27.4 Å². The molecular formula is C11H15N3O2. The van der Waals surface area contributed by atoms with E-state index in [9.17, 15) is 4.79 Å². The van der Waals surface area contributed by atoms with E-state index in [-0.39, 0.29) is 11.8 Å². The predicted octanol–water partition coefficient (Wildman–Crippen LogP) is 0.480. The average molecular weight is 221 g/mol. The quantitative estimate of drug-likeness (QED) is 0.789. The summed E-state index contributed by atoms with van der Waals surface area (Å²) >= 11 is 0. The molecule has 0 saturated carbocycles. The predicted molar refractivity (Wildman–Crippen MR) is 62.1 cm³/mol. The van der Waals surface area contributed by atoms with Crippen molar-refractivity contribution in [3.8, 4) is 0 Å². The molecule has 0 amide bonds. The zero-order valence-corrected chi connectivity index (χ0v) is 9.14. The van der Waals surface area contributed by atoms with E-state index in [1.54, 1.807) is 13.1 Å². The second-order valence-corrected chi connectivity index (χ2v) is 3.84. The van der Waals surface area contributed by atoms with Gasteiger partial charge in [-0.2, -0.15) is 0 Å². The van der Waals surface area contributed by atoms with Crippen LogP contribution in [0.1, 0.15) is 18.0 Å². The molecule has 2 aromatic rings. The van der Waals surface area contributed by atoms with Gasteiger partial charge in [0.15, 0.2) is 5.58 Å². The van der Waals surface area contributed by atoms with Crippen molar-refractivity contribution in [2.45, 2.75) is 12.5 Å². The molecule has 1 unspecified atom stereocenters. The van der Waals surface area contributed by atoms with Gasteiger partial charge in [-0.3, -0.25) is 4.57 Å². The summed E-state index contributed by atoms with van der Waals surface area (Å²) in [6.45, 7) is 0.545. The fourth-order valence-electron chi connectivity index (χ4n) is 1.72. The van der Waals surface area contributed by atoms with Crippen molar-refractivity contribution >= 4 is 11.1 Å². The Morgan fingerprint density at radius 3 is 2.94 bits per heavy atom. The third-order valence-corrected chi connectivity index (χ3v) is 2.72. The van der Waals surface area contributed by atoms with Crippen LogP contribution in [0.25, 0.3) is 11.1 Å². The van der Waals surface area contributed by atoms with Crippen molar-refractivity contribution in [2.24, 2.45) is 18.5 Å². The fraction of sp³-hybridized carbons (Fsp3) is 0.364.